The molecule has 1 aromatic carbocycles. The van der Waals surface area contributed by atoms with Crippen LogP contribution in [0.4, 0.5) is 0 Å². The minimum absolute atomic E-state index is 0.00817. The van der Waals surface area contributed by atoms with Crippen molar-refractivity contribution in [2.75, 3.05) is 26.3 Å². The molecule has 4 heteroatoms. The van der Waals surface area contributed by atoms with Crippen molar-refractivity contribution in [1.29, 1.82) is 0 Å². The van der Waals surface area contributed by atoms with Crippen LogP contribution in [0.3, 0.4) is 0 Å². The van der Waals surface area contributed by atoms with Gasteiger partial charge in [-0.05, 0) is 25.5 Å². The highest BCUT2D eigenvalue weighted by Gasteiger charge is 2.49. The lowest BCUT2D eigenvalue weighted by molar-refractivity contribution is -0.302. The lowest BCUT2D eigenvalue weighted by Gasteiger charge is -2.53. The minimum atomic E-state index is -0.497. The van der Waals surface area contributed by atoms with Crippen LogP contribution < -0.4 is 0 Å². The second-order valence-electron chi connectivity index (χ2n) is 6.42. The summed E-state index contributed by atoms with van der Waals surface area (Å²) in [6.07, 6.45) is 3.49. The second-order valence-corrected chi connectivity index (χ2v) is 6.42. The summed E-state index contributed by atoms with van der Waals surface area (Å²) >= 11 is 0. The molecule has 0 aromatic heterocycles. The highest BCUT2D eigenvalue weighted by molar-refractivity contribution is 5.92. The molecule has 0 radical (unpaired) electrons. The standard InChI is InChI=1S/C17H21NO3/c1-16(2)20-12-17(13-21-16)10-18(11-17)15(19)9-8-14-6-4-3-5-7-14/h3-9H,10-13H2,1-2H3. The Morgan fingerprint density at radius 2 is 1.76 bits per heavy atom. The summed E-state index contributed by atoms with van der Waals surface area (Å²) in [6, 6.07) is 9.84. The van der Waals surface area contributed by atoms with E-state index in [0.29, 0.717) is 26.3 Å². The first-order chi connectivity index (χ1) is 9.98. The lowest BCUT2D eigenvalue weighted by Crippen LogP contribution is -2.65. The first-order valence-corrected chi connectivity index (χ1v) is 7.28. The Bertz CT molecular complexity index is 532. The van der Waals surface area contributed by atoms with Crippen LogP contribution in [0.2, 0.25) is 0 Å². The van der Waals surface area contributed by atoms with Crippen LogP contribution >= 0.6 is 0 Å². The van der Waals surface area contributed by atoms with E-state index in [1.165, 1.54) is 0 Å². The smallest absolute Gasteiger partial charge is 0.246 e. The summed E-state index contributed by atoms with van der Waals surface area (Å²) in [5.41, 5.74) is 1.03. The van der Waals surface area contributed by atoms with Gasteiger partial charge in [0.25, 0.3) is 0 Å². The van der Waals surface area contributed by atoms with Crippen LogP contribution in [0.1, 0.15) is 19.4 Å². The van der Waals surface area contributed by atoms with Gasteiger partial charge < -0.3 is 14.4 Å². The van der Waals surface area contributed by atoms with Crippen LogP contribution in [0.15, 0.2) is 36.4 Å². The Labute approximate surface area is 125 Å². The molecule has 0 atom stereocenters. The topological polar surface area (TPSA) is 38.8 Å². The first kappa shape index (κ1) is 14.3. The van der Waals surface area contributed by atoms with Crippen LogP contribution in [-0.2, 0) is 14.3 Å². The fourth-order valence-corrected chi connectivity index (χ4v) is 2.68. The van der Waals surface area contributed by atoms with Crippen LogP contribution in [-0.4, -0.2) is 42.9 Å². The molecular formula is C17H21NO3. The van der Waals surface area contributed by atoms with Gasteiger partial charge >= 0.3 is 0 Å². The summed E-state index contributed by atoms with van der Waals surface area (Å²) in [5, 5.41) is 0. The third kappa shape index (κ3) is 3.17. The molecule has 3 rings (SSSR count). The molecular weight excluding hydrogens is 266 g/mol. The van der Waals surface area contributed by atoms with E-state index in [9.17, 15) is 4.79 Å². The molecule has 4 nitrogen and oxygen atoms in total. The molecule has 1 amide bonds. The van der Waals surface area contributed by atoms with Crippen LogP contribution in [0, 0.1) is 5.41 Å². The molecule has 0 N–H and O–H groups in total. The molecule has 2 saturated heterocycles. The quantitative estimate of drug-likeness (QED) is 0.784. The third-order valence-electron chi connectivity index (χ3n) is 4.03. The molecule has 1 spiro atoms. The minimum Gasteiger partial charge on any atom is -0.350 e. The van der Waals surface area contributed by atoms with E-state index >= 15 is 0 Å². The van der Waals surface area contributed by atoms with E-state index < -0.39 is 5.79 Å². The first-order valence-electron chi connectivity index (χ1n) is 7.28. The van der Waals surface area contributed by atoms with Gasteiger partial charge in [-0.1, -0.05) is 30.3 Å². The average molecular weight is 287 g/mol. The number of ether oxygens (including phenoxy) is 2. The number of hydrogen-bond acceptors (Lipinski definition) is 3. The summed E-state index contributed by atoms with van der Waals surface area (Å²) in [6.45, 7) is 6.58. The number of rotatable bonds is 2. The van der Waals surface area contributed by atoms with Gasteiger partial charge in [0.1, 0.15) is 0 Å². The number of nitrogens with zero attached hydrogens (tertiary/aromatic N) is 1. The van der Waals surface area contributed by atoms with Crippen molar-refractivity contribution in [1.82, 2.24) is 4.90 Å². The summed E-state index contributed by atoms with van der Waals surface area (Å²) in [4.78, 5) is 13.9. The molecule has 2 aliphatic heterocycles. The monoisotopic (exact) mass is 287 g/mol. The van der Waals surface area contributed by atoms with Gasteiger partial charge in [0.15, 0.2) is 5.79 Å². The molecule has 1 aromatic rings. The van der Waals surface area contributed by atoms with Gasteiger partial charge in [-0.25, -0.2) is 0 Å². The fraction of sp³-hybridized carbons (Fsp3) is 0.471. The number of carbonyl (C=O) groups excluding carboxylic acids is 1. The van der Waals surface area contributed by atoms with Crippen molar-refractivity contribution in [3.05, 3.63) is 42.0 Å². The molecule has 112 valence electrons. The molecule has 0 aliphatic carbocycles. The SMILES string of the molecule is CC1(C)OCC2(CO1)CN(C(=O)C=Cc1ccccc1)C2. The van der Waals surface area contributed by atoms with Gasteiger partial charge in [-0.3, -0.25) is 4.79 Å². The van der Waals surface area contributed by atoms with Crippen molar-refractivity contribution >= 4 is 12.0 Å². The number of amides is 1. The zero-order valence-corrected chi connectivity index (χ0v) is 12.5. The molecule has 2 fully saturated rings. The van der Waals surface area contributed by atoms with Gasteiger partial charge in [0, 0.05) is 19.2 Å². The normalized spacial score (nSPS) is 23.2. The van der Waals surface area contributed by atoms with Gasteiger partial charge in [0.05, 0.1) is 18.6 Å². The average Bonchev–Trinajstić information content (AvgIpc) is 2.44. The van der Waals surface area contributed by atoms with Crippen molar-refractivity contribution in [3.63, 3.8) is 0 Å². The highest BCUT2D eigenvalue weighted by atomic mass is 16.7. The largest absolute Gasteiger partial charge is 0.350 e. The lowest BCUT2D eigenvalue weighted by atomic mass is 9.80. The Hall–Kier alpha value is -1.65. The van der Waals surface area contributed by atoms with E-state index in [1.807, 2.05) is 55.2 Å². The Kier molecular flexibility index (Phi) is 3.59. The number of carbonyl (C=O) groups is 1. The third-order valence-corrected chi connectivity index (χ3v) is 4.03. The van der Waals surface area contributed by atoms with Crippen molar-refractivity contribution in [3.8, 4) is 0 Å². The molecule has 0 saturated carbocycles. The Balaban J connectivity index is 1.52. The highest BCUT2D eigenvalue weighted by Crippen LogP contribution is 2.37. The molecule has 2 heterocycles. The number of benzene rings is 1. The fourth-order valence-electron chi connectivity index (χ4n) is 2.68. The van der Waals surface area contributed by atoms with E-state index in [0.717, 1.165) is 5.56 Å². The maximum atomic E-state index is 12.1. The zero-order chi connectivity index (χ0) is 14.9. The predicted octanol–water partition coefficient (Wildman–Crippen LogP) is 2.31. The van der Waals surface area contributed by atoms with Crippen LogP contribution in [0.25, 0.3) is 6.08 Å². The van der Waals surface area contributed by atoms with Crippen molar-refractivity contribution < 1.29 is 14.3 Å². The van der Waals surface area contributed by atoms with Gasteiger partial charge in [-0.15, -0.1) is 0 Å². The molecule has 0 bridgehead atoms. The van der Waals surface area contributed by atoms with Crippen molar-refractivity contribution in [2.24, 2.45) is 5.41 Å². The second kappa shape index (κ2) is 5.28. The molecule has 0 unspecified atom stereocenters. The number of hydrogen-bond donors (Lipinski definition) is 0. The Morgan fingerprint density at radius 3 is 2.38 bits per heavy atom. The van der Waals surface area contributed by atoms with Crippen LogP contribution in [0.5, 0.6) is 0 Å². The van der Waals surface area contributed by atoms with E-state index in [2.05, 4.69) is 0 Å². The summed E-state index contributed by atoms with van der Waals surface area (Å²) in [7, 11) is 0. The molecule has 2 aliphatic rings. The van der Waals surface area contributed by atoms with Gasteiger partial charge in [-0.2, -0.15) is 0 Å². The maximum Gasteiger partial charge on any atom is 0.246 e. The summed E-state index contributed by atoms with van der Waals surface area (Å²) in [5.74, 6) is -0.447. The maximum absolute atomic E-state index is 12.1. The molecule has 21 heavy (non-hydrogen) atoms. The zero-order valence-electron chi connectivity index (χ0n) is 12.5. The van der Waals surface area contributed by atoms with E-state index in [-0.39, 0.29) is 11.3 Å². The summed E-state index contributed by atoms with van der Waals surface area (Å²) < 4.78 is 11.4. The van der Waals surface area contributed by atoms with E-state index in [1.54, 1.807) is 6.08 Å². The number of likely N-dealkylation sites (tertiary alicyclic amines) is 1. The predicted molar refractivity (Wildman–Crippen MR) is 80.5 cm³/mol. The Morgan fingerprint density at radius 1 is 1.14 bits per heavy atom. The van der Waals surface area contributed by atoms with Gasteiger partial charge in [0.2, 0.25) is 5.91 Å². The van der Waals surface area contributed by atoms with Crippen molar-refractivity contribution in [2.45, 2.75) is 19.6 Å². The van der Waals surface area contributed by atoms with E-state index in [4.69, 9.17) is 9.47 Å².